The molecule has 1 heterocycles. The zero-order chi connectivity index (χ0) is 15.2. The molecule has 0 amide bonds. The summed E-state index contributed by atoms with van der Waals surface area (Å²) in [4.78, 5) is 10.4. The van der Waals surface area contributed by atoms with E-state index in [0.717, 1.165) is 12.1 Å². The van der Waals surface area contributed by atoms with Crippen LogP contribution in [0.3, 0.4) is 0 Å². The third-order valence-corrected chi connectivity index (χ3v) is 2.70. The number of methoxy groups -OCH3 is 1. The van der Waals surface area contributed by atoms with Gasteiger partial charge in [-0.2, -0.15) is 0 Å². The Morgan fingerprint density at radius 3 is 2.45 bits per heavy atom. The molecule has 0 aliphatic heterocycles. The van der Waals surface area contributed by atoms with Gasteiger partial charge >= 0.3 is 0 Å². The Morgan fingerprint density at radius 1 is 1.35 bits per heavy atom. The van der Waals surface area contributed by atoms with Gasteiger partial charge in [0.05, 0.1) is 12.7 Å². The molecule has 1 aromatic rings. The Labute approximate surface area is 121 Å². The molecule has 6 nitrogen and oxygen atoms in total. The van der Waals surface area contributed by atoms with Crippen molar-refractivity contribution in [2.24, 2.45) is 0 Å². The van der Waals surface area contributed by atoms with Gasteiger partial charge in [0.25, 0.3) is 0 Å². The van der Waals surface area contributed by atoms with Crippen LogP contribution in [0.2, 0.25) is 0 Å². The molecule has 1 atom stereocenters. The fourth-order valence-electron chi connectivity index (χ4n) is 1.65. The van der Waals surface area contributed by atoms with Crippen LogP contribution in [0.15, 0.2) is 12.4 Å². The van der Waals surface area contributed by atoms with E-state index in [1.807, 2.05) is 11.9 Å². The number of nitrogens with zero attached hydrogens (tertiary/aromatic N) is 3. The smallest absolute Gasteiger partial charge is 0.225 e. The summed E-state index contributed by atoms with van der Waals surface area (Å²) in [6.45, 7) is 7.83. The van der Waals surface area contributed by atoms with Crippen molar-refractivity contribution in [2.45, 2.75) is 39.0 Å². The first-order valence-electron chi connectivity index (χ1n) is 6.76. The predicted octanol–water partition coefficient (Wildman–Crippen LogP) is 0.808. The maximum atomic E-state index is 9.68. The van der Waals surface area contributed by atoms with Crippen LogP contribution in [0.1, 0.15) is 26.3 Å². The maximum Gasteiger partial charge on any atom is 0.225 e. The summed E-state index contributed by atoms with van der Waals surface area (Å²) >= 11 is 0. The van der Waals surface area contributed by atoms with Gasteiger partial charge in [-0.1, -0.05) is 0 Å². The molecule has 0 aliphatic carbocycles. The van der Waals surface area contributed by atoms with E-state index in [4.69, 9.17) is 4.74 Å². The van der Waals surface area contributed by atoms with Gasteiger partial charge in [0.15, 0.2) is 0 Å². The van der Waals surface area contributed by atoms with E-state index in [1.54, 1.807) is 19.5 Å². The summed E-state index contributed by atoms with van der Waals surface area (Å²) in [5, 5.41) is 13.1. The number of nitrogens with one attached hydrogen (secondary N) is 1. The van der Waals surface area contributed by atoms with E-state index in [0.29, 0.717) is 19.1 Å². The van der Waals surface area contributed by atoms with Gasteiger partial charge in [0.1, 0.15) is 0 Å². The van der Waals surface area contributed by atoms with Crippen molar-refractivity contribution in [3.63, 3.8) is 0 Å². The van der Waals surface area contributed by atoms with Gasteiger partial charge in [-0.25, -0.2) is 9.97 Å². The lowest BCUT2D eigenvalue weighted by Crippen LogP contribution is -2.35. The Balaban J connectivity index is 2.53. The summed E-state index contributed by atoms with van der Waals surface area (Å²) in [7, 11) is 3.41. The first kappa shape index (κ1) is 16.8. The fraction of sp³-hybridized carbons (Fsp3) is 0.714. The van der Waals surface area contributed by atoms with E-state index < -0.39 is 6.10 Å². The van der Waals surface area contributed by atoms with Crippen LogP contribution < -0.4 is 10.2 Å². The molecule has 0 aromatic carbocycles. The molecule has 0 aliphatic rings. The molecular formula is C14H26N4O2. The minimum Gasteiger partial charge on any atom is -0.389 e. The SMILES string of the molecule is COCC(O)CN(C)c1ncc(CNC(C)(C)C)cn1. The lowest BCUT2D eigenvalue weighted by atomic mass is 10.1. The molecule has 0 saturated heterocycles. The summed E-state index contributed by atoms with van der Waals surface area (Å²) in [5.74, 6) is 0.597. The largest absolute Gasteiger partial charge is 0.389 e. The predicted molar refractivity (Wildman–Crippen MR) is 79.8 cm³/mol. The maximum absolute atomic E-state index is 9.68. The number of aliphatic hydroxyl groups excluding tert-OH is 1. The van der Waals surface area contributed by atoms with Crippen molar-refractivity contribution in [3.05, 3.63) is 18.0 Å². The number of aromatic nitrogens is 2. The second kappa shape index (κ2) is 7.52. The molecule has 1 aromatic heterocycles. The van der Waals surface area contributed by atoms with Crippen molar-refractivity contribution < 1.29 is 9.84 Å². The molecule has 0 spiro atoms. The van der Waals surface area contributed by atoms with Crippen molar-refractivity contribution in [1.29, 1.82) is 0 Å². The van der Waals surface area contributed by atoms with Gasteiger partial charge in [-0.05, 0) is 20.8 Å². The van der Waals surface area contributed by atoms with Crippen LogP contribution in [0.25, 0.3) is 0 Å². The number of rotatable bonds is 7. The number of likely N-dealkylation sites (N-methyl/N-ethyl adjacent to an activating group) is 1. The van der Waals surface area contributed by atoms with E-state index in [2.05, 4.69) is 36.1 Å². The lowest BCUT2D eigenvalue weighted by Gasteiger charge is -2.22. The standard InChI is InChI=1S/C14H26N4O2/c1-14(2,3)17-8-11-6-15-13(16-7-11)18(4)9-12(19)10-20-5/h6-7,12,17,19H,8-10H2,1-5H3. The minimum atomic E-state index is -0.546. The van der Waals surface area contributed by atoms with E-state index in [9.17, 15) is 5.11 Å². The Kier molecular flexibility index (Phi) is 6.32. The summed E-state index contributed by atoms with van der Waals surface area (Å²) in [5.41, 5.74) is 1.11. The first-order chi connectivity index (χ1) is 9.31. The molecule has 1 unspecified atom stereocenters. The van der Waals surface area contributed by atoms with Crippen molar-refractivity contribution in [2.75, 3.05) is 32.2 Å². The highest BCUT2D eigenvalue weighted by molar-refractivity contribution is 5.28. The van der Waals surface area contributed by atoms with Gasteiger partial charge in [-0.3, -0.25) is 0 Å². The summed E-state index contributed by atoms with van der Waals surface area (Å²) in [6.07, 6.45) is 3.07. The number of aliphatic hydroxyl groups is 1. The van der Waals surface area contributed by atoms with E-state index >= 15 is 0 Å². The lowest BCUT2D eigenvalue weighted by molar-refractivity contribution is 0.0693. The van der Waals surface area contributed by atoms with Crippen molar-refractivity contribution >= 4 is 5.95 Å². The molecule has 0 bridgehead atoms. The number of anilines is 1. The summed E-state index contributed by atoms with van der Waals surface area (Å²) in [6, 6.07) is 0. The Hall–Kier alpha value is -1.24. The van der Waals surface area contributed by atoms with E-state index in [-0.39, 0.29) is 5.54 Å². The van der Waals surface area contributed by atoms with Crippen LogP contribution >= 0.6 is 0 Å². The number of hydrogen-bond acceptors (Lipinski definition) is 6. The van der Waals surface area contributed by atoms with Crippen LogP contribution in [-0.2, 0) is 11.3 Å². The third-order valence-electron chi connectivity index (χ3n) is 2.70. The molecule has 1 rings (SSSR count). The third kappa shape index (κ3) is 6.27. The topological polar surface area (TPSA) is 70.5 Å². The number of ether oxygens (including phenoxy) is 1. The second-order valence-electron chi connectivity index (χ2n) is 5.98. The van der Waals surface area contributed by atoms with E-state index in [1.165, 1.54) is 0 Å². The van der Waals surface area contributed by atoms with Gasteiger partial charge in [-0.15, -0.1) is 0 Å². The normalized spacial score (nSPS) is 13.3. The fourth-order valence-corrected chi connectivity index (χ4v) is 1.65. The second-order valence-corrected chi connectivity index (χ2v) is 5.98. The molecule has 20 heavy (non-hydrogen) atoms. The highest BCUT2D eigenvalue weighted by Crippen LogP contribution is 2.07. The molecule has 0 radical (unpaired) electrons. The zero-order valence-corrected chi connectivity index (χ0v) is 13.1. The molecule has 6 heteroatoms. The van der Waals surface area contributed by atoms with Crippen LogP contribution in [0, 0.1) is 0 Å². The van der Waals surface area contributed by atoms with Crippen LogP contribution in [0.5, 0.6) is 0 Å². The minimum absolute atomic E-state index is 0.0692. The van der Waals surface area contributed by atoms with Crippen molar-refractivity contribution in [1.82, 2.24) is 15.3 Å². The first-order valence-corrected chi connectivity index (χ1v) is 6.76. The van der Waals surface area contributed by atoms with Gasteiger partial charge < -0.3 is 20.1 Å². The van der Waals surface area contributed by atoms with Crippen LogP contribution in [0.4, 0.5) is 5.95 Å². The van der Waals surface area contributed by atoms with Gasteiger partial charge in [0.2, 0.25) is 5.95 Å². The zero-order valence-electron chi connectivity index (χ0n) is 13.1. The highest BCUT2D eigenvalue weighted by atomic mass is 16.5. The molecular weight excluding hydrogens is 256 g/mol. The highest BCUT2D eigenvalue weighted by Gasteiger charge is 2.12. The molecule has 2 N–H and O–H groups in total. The molecule has 114 valence electrons. The molecule has 0 fully saturated rings. The molecule has 0 saturated carbocycles. The summed E-state index contributed by atoms with van der Waals surface area (Å²) < 4.78 is 4.90. The Morgan fingerprint density at radius 2 is 1.95 bits per heavy atom. The van der Waals surface area contributed by atoms with Crippen molar-refractivity contribution in [3.8, 4) is 0 Å². The van der Waals surface area contributed by atoms with Crippen LogP contribution in [-0.4, -0.2) is 54.0 Å². The number of hydrogen-bond donors (Lipinski definition) is 2. The average Bonchev–Trinajstić information content (AvgIpc) is 2.36. The monoisotopic (exact) mass is 282 g/mol. The van der Waals surface area contributed by atoms with Gasteiger partial charge in [0, 0.05) is 50.7 Å². The average molecular weight is 282 g/mol. The Bertz CT molecular complexity index is 389. The quantitative estimate of drug-likeness (QED) is 0.771.